The Balaban J connectivity index is 0.000000191. The van der Waals surface area contributed by atoms with Gasteiger partial charge in [-0.3, -0.25) is 9.59 Å². The van der Waals surface area contributed by atoms with E-state index in [2.05, 4.69) is 20.6 Å². The zero-order valence-electron chi connectivity index (χ0n) is 27.8. The number of hydrogen-bond acceptors (Lipinski definition) is 4. The molecule has 9 heteroatoms. The van der Waals surface area contributed by atoms with Crippen LogP contribution in [0.25, 0.3) is 22.5 Å². The van der Waals surface area contributed by atoms with Gasteiger partial charge in [0.1, 0.15) is 29.4 Å². The van der Waals surface area contributed by atoms with Gasteiger partial charge in [-0.1, -0.05) is 103 Å². The van der Waals surface area contributed by atoms with E-state index in [4.69, 9.17) is 9.47 Å². The van der Waals surface area contributed by atoms with Crippen LogP contribution >= 0.6 is 0 Å². The summed E-state index contributed by atoms with van der Waals surface area (Å²) in [5.74, 6) is 0.0404. The molecule has 49 heavy (non-hydrogen) atoms. The van der Waals surface area contributed by atoms with Gasteiger partial charge < -0.3 is 30.1 Å². The lowest BCUT2D eigenvalue weighted by Crippen LogP contribution is -2.19. The molecular weight excluding hydrogens is 619 g/mol. The van der Waals surface area contributed by atoms with Crippen LogP contribution in [0.5, 0.6) is 11.5 Å². The van der Waals surface area contributed by atoms with Crippen LogP contribution in [-0.2, 0) is 0 Å². The van der Waals surface area contributed by atoms with Crippen molar-refractivity contribution in [2.75, 3.05) is 14.1 Å². The minimum absolute atomic E-state index is 0.158. The number of rotatable bonds is 10. The number of benzene rings is 4. The van der Waals surface area contributed by atoms with Gasteiger partial charge in [0.05, 0.1) is 5.69 Å². The van der Waals surface area contributed by atoms with E-state index in [-0.39, 0.29) is 35.5 Å². The van der Waals surface area contributed by atoms with Crippen LogP contribution in [0.15, 0.2) is 127 Å². The number of nitrogens with one attached hydrogen (secondary N) is 4. The molecule has 0 saturated carbocycles. The Bertz CT molecular complexity index is 1970. The first-order valence-electron chi connectivity index (χ1n) is 15.9. The Labute approximate surface area is 285 Å². The van der Waals surface area contributed by atoms with Crippen molar-refractivity contribution in [3.8, 4) is 34.0 Å². The Hall–Kier alpha value is -6.09. The van der Waals surface area contributed by atoms with Crippen molar-refractivity contribution >= 4 is 11.8 Å². The first kappa shape index (κ1) is 34.3. The molecule has 250 valence electrons. The Kier molecular flexibility index (Phi) is 11.3. The molecule has 6 rings (SSSR count). The van der Waals surface area contributed by atoms with Crippen molar-refractivity contribution in [3.63, 3.8) is 0 Å². The standard InChI is InChI=1S/C20H19FN2O2.C20H20N2O2/c1-13(14-8-4-3-5-9-14)25-18-12-17(23-19(18)20(24)22-2)15-10-6-7-11-16(15)21;1-14(15-9-5-3-6-10-15)24-18-13-17(16-11-7-4-8-12-16)22-19(18)20(23)21-2/h3-13,23H,1-2H3,(H,22,24);3-14,22H,1-2H3,(H,21,23). The largest absolute Gasteiger partial charge is 0.484 e. The first-order valence-corrected chi connectivity index (χ1v) is 15.9. The highest BCUT2D eigenvalue weighted by atomic mass is 19.1. The molecule has 0 fully saturated rings. The highest BCUT2D eigenvalue weighted by Gasteiger charge is 2.21. The molecule has 0 bridgehead atoms. The van der Waals surface area contributed by atoms with E-state index in [1.54, 1.807) is 31.3 Å². The minimum atomic E-state index is -0.366. The summed E-state index contributed by atoms with van der Waals surface area (Å²) in [6.07, 6.45) is -0.414. The van der Waals surface area contributed by atoms with Gasteiger partial charge in [0.2, 0.25) is 0 Å². The summed E-state index contributed by atoms with van der Waals surface area (Å²) in [7, 11) is 3.14. The molecular formula is C40H39FN4O4. The fraction of sp³-hybridized carbons (Fsp3) is 0.150. The summed E-state index contributed by atoms with van der Waals surface area (Å²) in [4.78, 5) is 30.5. The maximum Gasteiger partial charge on any atom is 0.271 e. The third-order valence-electron chi connectivity index (χ3n) is 7.87. The Morgan fingerprint density at radius 3 is 1.47 bits per heavy atom. The third kappa shape index (κ3) is 8.44. The average molecular weight is 659 g/mol. The van der Waals surface area contributed by atoms with E-state index in [9.17, 15) is 14.0 Å². The monoisotopic (exact) mass is 658 g/mol. The van der Waals surface area contributed by atoms with Gasteiger partial charge >= 0.3 is 0 Å². The molecule has 4 N–H and O–H groups in total. The number of aromatic amines is 2. The number of hydrogen-bond donors (Lipinski definition) is 4. The lowest BCUT2D eigenvalue weighted by molar-refractivity contribution is 0.0943. The van der Waals surface area contributed by atoms with Crippen LogP contribution in [0, 0.1) is 5.82 Å². The summed E-state index contributed by atoms with van der Waals surface area (Å²) in [5, 5.41) is 5.22. The molecule has 2 heterocycles. The predicted octanol–water partition coefficient (Wildman–Crippen LogP) is 8.50. The average Bonchev–Trinajstić information content (AvgIpc) is 3.77. The van der Waals surface area contributed by atoms with Crippen molar-refractivity contribution < 1.29 is 23.5 Å². The van der Waals surface area contributed by atoms with Gasteiger partial charge in [-0.2, -0.15) is 0 Å². The molecule has 2 aromatic heterocycles. The first-order chi connectivity index (χ1) is 23.8. The normalized spacial score (nSPS) is 11.8. The highest BCUT2D eigenvalue weighted by Crippen LogP contribution is 2.33. The van der Waals surface area contributed by atoms with Crippen LogP contribution in [0.2, 0.25) is 0 Å². The van der Waals surface area contributed by atoms with E-state index in [1.165, 1.54) is 13.1 Å². The Morgan fingerprint density at radius 2 is 1.00 bits per heavy atom. The fourth-order valence-corrected chi connectivity index (χ4v) is 5.21. The van der Waals surface area contributed by atoms with E-state index >= 15 is 0 Å². The SMILES string of the molecule is CNC(=O)c1[nH]c(-c2ccccc2)cc1OC(C)c1ccccc1.CNC(=O)c1[nH]c(-c2ccccc2F)cc1OC(C)c1ccccc1. The van der Waals surface area contributed by atoms with Crippen LogP contribution in [-0.4, -0.2) is 35.9 Å². The third-order valence-corrected chi connectivity index (χ3v) is 7.87. The van der Waals surface area contributed by atoms with Gasteiger partial charge in [-0.05, 0) is 42.7 Å². The maximum atomic E-state index is 14.1. The molecule has 0 aliphatic heterocycles. The zero-order chi connectivity index (χ0) is 34.8. The van der Waals surface area contributed by atoms with Crippen molar-refractivity contribution in [1.29, 1.82) is 0 Å². The van der Waals surface area contributed by atoms with Crippen LogP contribution < -0.4 is 20.1 Å². The molecule has 2 amide bonds. The molecule has 0 radical (unpaired) electrons. The lowest BCUT2D eigenvalue weighted by Gasteiger charge is -2.14. The topological polar surface area (TPSA) is 108 Å². The smallest absolute Gasteiger partial charge is 0.271 e. The number of carbonyl (C=O) groups is 2. The van der Waals surface area contributed by atoms with Crippen molar-refractivity contribution in [2.45, 2.75) is 26.1 Å². The number of halogens is 1. The minimum Gasteiger partial charge on any atom is -0.484 e. The predicted molar refractivity (Wildman–Crippen MR) is 190 cm³/mol. The van der Waals surface area contributed by atoms with E-state index in [0.717, 1.165) is 22.4 Å². The second-order valence-corrected chi connectivity index (χ2v) is 11.2. The summed E-state index contributed by atoms with van der Waals surface area (Å²) in [6.45, 7) is 3.87. The maximum absolute atomic E-state index is 14.1. The molecule has 2 atom stereocenters. The van der Waals surface area contributed by atoms with E-state index < -0.39 is 0 Å². The molecule has 8 nitrogen and oxygen atoms in total. The van der Waals surface area contributed by atoms with Gasteiger partial charge in [-0.15, -0.1) is 0 Å². The molecule has 0 aliphatic carbocycles. The zero-order valence-corrected chi connectivity index (χ0v) is 27.8. The summed E-state index contributed by atoms with van der Waals surface area (Å²) < 4.78 is 26.1. The van der Waals surface area contributed by atoms with E-state index in [0.29, 0.717) is 28.5 Å². The van der Waals surface area contributed by atoms with Crippen LogP contribution in [0.4, 0.5) is 4.39 Å². The van der Waals surface area contributed by atoms with Crippen LogP contribution in [0.1, 0.15) is 58.2 Å². The molecule has 6 aromatic rings. The van der Waals surface area contributed by atoms with Gasteiger partial charge in [0, 0.05) is 37.5 Å². The van der Waals surface area contributed by atoms with Crippen molar-refractivity contribution in [1.82, 2.24) is 20.6 Å². The van der Waals surface area contributed by atoms with Crippen molar-refractivity contribution in [2.24, 2.45) is 0 Å². The lowest BCUT2D eigenvalue weighted by atomic mass is 10.1. The van der Waals surface area contributed by atoms with Gasteiger partial charge in [0.25, 0.3) is 11.8 Å². The van der Waals surface area contributed by atoms with Crippen LogP contribution in [0.3, 0.4) is 0 Å². The second-order valence-electron chi connectivity index (χ2n) is 11.2. The fourth-order valence-electron chi connectivity index (χ4n) is 5.21. The number of H-pyrrole nitrogens is 2. The highest BCUT2D eigenvalue weighted by molar-refractivity contribution is 5.97. The molecule has 0 aliphatic rings. The number of ether oxygens (including phenoxy) is 2. The quantitative estimate of drug-likeness (QED) is 0.118. The number of amides is 2. The van der Waals surface area contributed by atoms with Crippen molar-refractivity contribution in [3.05, 3.63) is 156 Å². The summed E-state index contributed by atoms with van der Waals surface area (Å²) >= 11 is 0. The molecule has 2 unspecified atom stereocenters. The molecule has 4 aromatic carbocycles. The van der Waals surface area contributed by atoms with E-state index in [1.807, 2.05) is 111 Å². The summed E-state index contributed by atoms with van der Waals surface area (Å²) in [6, 6.07) is 39.4. The number of carbonyl (C=O) groups excluding carboxylic acids is 2. The second kappa shape index (κ2) is 16.1. The molecule has 0 spiro atoms. The summed E-state index contributed by atoms with van der Waals surface area (Å²) in [5.41, 5.74) is 5.47. The Morgan fingerprint density at radius 1 is 0.592 bits per heavy atom. The molecule has 0 saturated heterocycles. The number of aromatic nitrogens is 2. The van der Waals surface area contributed by atoms with Gasteiger partial charge in [0.15, 0.2) is 11.5 Å². The van der Waals surface area contributed by atoms with Gasteiger partial charge in [-0.25, -0.2) is 4.39 Å².